The summed E-state index contributed by atoms with van der Waals surface area (Å²) < 4.78 is 31.7. The fourth-order valence-electron chi connectivity index (χ4n) is 1.76. The predicted octanol–water partition coefficient (Wildman–Crippen LogP) is 3.62. The minimum absolute atomic E-state index is 0.0303. The van der Waals surface area contributed by atoms with Crippen LogP contribution in [-0.4, -0.2) is 16.2 Å². The van der Waals surface area contributed by atoms with Gasteiger partial charge in [0.05, 0.1) is 10.4 Å². The van der Waals surface area contributed by atoms with E-state index < -0.39 is 11.6 Å². The molecular formula is C13H14BrF2N3O. The summed E-state index contributed by atoms with van der Waals surface area (Å²) in [7, 11) is 0. The highest BCUT2D eigenvalue weighted by Gasteiger charge is 2.22. The molecule has 2 rings (SSSR count). The van der Waals surface area contributed by atoms with E-state index in [1.165, 1.54) is 6.07 Å². The molecule has 0 amide bonds. The molecule has 0 aliphatic rings. The maximum atomic E-state index is 13.5. The van der Waals surface area contributed by atoms with E-state index in [1.807, 2.05) is 13.8 Å². The Balaban J connectivity index is 2.36. The van der Waals surface area contributed by atoms with Crippen LogP contribution in [-0.2, 0) is 0 Å². The quantitative estimate of drug-likeness (QED) is 0.859. The van der Waals surface area contributed by atoms with Crippen molar-refractivity contribution in [3.63, 3.8) is 0 Å². The van der Waals surface area contributed by atoms with Gasteiger partial charge < -0.3 is 10.3 Å². The molecule has 0 radical (unpaired) electrons. The van der Waals surface area contributed by atoms with Crippen LogP contribution in [0.1, 0.15) is 32.1 Å². The third-order valence-corrected chi connectivity index (χ3v) is 4.00. The molecule has 0 aliphatic carbocycles. The first kappa shape index (κ1) is 15.1. The minimum atomic E-state index is -0.979. The number of halogens is 3. The Kier molecular flexibility index (Phi) is 4.49. The predicted molar refractivity (Wildman–Crippen MR) is 74.0 cm³/mol. The Morgan fingerprint density at radius 1 is 1.40 bits per heavy atom. The maximum Gasteiger partial charge on any atom is 0.231 e. The molecule has 0 bridgehead atoms. The van der Waals surface area contributed by atoms with E-state index in [-0.39, 0.29) is 22.3 Å². The van der Waals surface area contributed by atoms with Crippen molar-refractivity contribution >= 4 is 15.9 Å². The summed E-state index contributed by atoms with van der Waals surface area (Å²) in [6.45, 7) is 3.84. The molecule has 2 N–H and O–H groups in total. The second-order valence-electron chi connectivity index (χ2n) is 4.54. The van der Waals surface area contributed by atoms with Crippen LogP contribution < -0.4 is 5.73 Å². The van der Waals surface area contributed by atoms with Crippen molar-refractivity contribution in [2.45, 2.75) is 32.2 Å². The molecule has 1 aromatic carbocycles. The Morgan fingerprint density at radius 2 is 2.10 bits per heavy atom. The third-order valence-electron chi connectivity index (χ3n) is 3.22. The average molecular weight is 346 g/mol. The summed E-state index contributed by atoms with van der Waals surface area (Å²) in [5, 5.41) is 3.80. The SMILES string of the molecule is CCC(N)C(C)c1nc(-c2ccc(F)c(F)c2Br)no1. The van der Waals surface area contributed by atoms with Gasteiger partial charge in [0, 0.05) is 11.6 Å². The summed E-state index contributed by atoms with van der Waals surface area (Å²) in [5.41, 5.74) is 6.25. The number of aromatic nitrogens is 2. The second-order valence-corrected chi connectivity index (χ2v) is 5.33. The second kappa shape index (κ2) is 5.97. The Bertz CT molecular complexity index is 618. The van der Waals surface area contributed by atoms with Crippen molar-refractivity contribution in [3.05, 3.63) is 34.1 Å². The van der Waals surface area contributed by atoms with Crippen LogP contribution in [0.2, 0.25) is 0 Å². The Labute approximate surface area is 123 Å². The van der Waals surface area contributed by atoms with Crippen molar-refractivity contribution in [2.75, 3.05) is 0 Å². The number of rotatable bonds is 4. The van der Waals surface area contributed by atoms with Crippen LogP contribution in [0.25, 0.3) is 11.4 Å². The first-order valence-electron chi connectivity index (χ1n) is 6.18. The van der Waals surface area contributed by atoms with Gasteiger partial charge in [0.15, 0.2) is 11.6 Å². The highest BCUT2D eigenvalue weighted by atomic mass is 79.9. The highest BCUT2D eigenvalue weighted by Crippen LogP contribution is 2.31. The third kappa shape index (κ3) is 2.73. The van der Waals surface area contributed by atoms with E-state index in [1.54, 1.807) is 0 Å². The van der Waals surface area contributed by atoms with Crippen molar-refractivity contribution in [3.8, 4) is 11.4 Å². The number of hydrogen-bond acceptors (Lipinski definition) is 4. The molecule has 108 valence electrons. The molecule has 2 aromatic rings. The van der Waals surface area contributed by atoms with Crippen molar-refractivity contribution in [2.24, 2.45) is 5.73 Å². The molecule has 0 spiro atoms. The standard InChI is InChI=1S/C13H14BrF2N3O/c1-3-9(17)6(2)13-18-12(19-20-13)7-4-5-8(15)11(16)10(7)14/h4-6,9H,3,17H2,1-2H3. The van der Waals surface area contributed by atoms with Crippen LogP contribution in [0.3, 0.4) is 0 Å². The highest BCUT2D eigenvalue weighted by molar-refractivity contribution is 9.10. The van der Waals surface area contributed by atoms with E-state index in [0.29, 0.717) is 11.5 Å². The van der Waals surface area contributed by atoms with Crippen LogP contribution >= 0.6 is 15.9 Å². The van der Waals surface area contributed by atoms with Crippen molar-refractivity contribution in [1.29, 1.82) is 0 Å². The number of nitrogens with zero attached hydrogens (tertiary/aromatic N) is 2. The first-order chi connectivity index (χ1) is 9.45. The van der Waals surface area contributed by atoms with E-state index in [4.69, 9.17) is 10.3 Å². The fraction of sp³-hybridized carbons (Fsp3) is 0.385. The molecule has 0 saturated carbocycles. The topological polar surface area (TPSA) is 64.9 Å². The number of benzene rings is 1. The smallest absolute Gasteiger partial charge is 0.231 e. The molecule has 2 unspecified atom stereocenters. The Hall–Kier alpha value is -1.34. The lowest BCUT2D eigenvalue weighted by Gasteiger charge is -2.13. The molecule has 0 fully saturated rings. The van der Waals surface area contributed by atoms with Gasteiger partial charge in [-0.05, 0) is 34.5 Å². The monoisotopic (exact) mass is 345 g/mol. The van der Waals surface area contributed by atoms with E-state index in [9.17, 15) is 8.78 Å². The molecule has 20 heavy (non-hydrogen) atoms. The Morgan fingerprint density at radius 3 is 2.75 bits per heavy atom. The zero-order chi connectivity index (χ0) is 14.9. The molecule has 4 nitrogen and oxygen atoms in total. The lowest BCUT2D eigenvalue weighted by molar-refractivity contribution is 0.340. The van der Waals surface area contributed by atoms with E-state index >= 15 is 0 Å². The maximum absolute atomic E-state index is 13.5. The van der Waals surface area contributed by atoms with Crippen LogP contribution in [0.15, 0.2) is 21.1 Å². The molecule has 7 heteroatoms. The van der Waals surface area contributed by atoms with Crippen molar-refractivity contribution in [1.82, 2.24) is 10.1 Å². The number of nitrogens with two attached hydrogens (primary N) is 1. The molecule has 1 heterocycles. The summed E-state index contributed by atoms with van der Waals surface area (Å²) in [4.78, 5) is 4.20. The van der Waals surface area contributed by atoms with Gasteiger partial charge in [-0.2, -0.15) is 4.98 Å². The fourth-order valence-corrected chi connectivity index (χ4v) is 2.26. The molecule has 0 saturated heterocycles. The van der Waals surface area contributed by atoms with Gasteiger partial charge in [-0.15, -0.1) is 0 Å². The number of hydrogen-bond donors (Lipinski definition) is 1. The molecular weight excluding hydrogens is 332 g/mol. The zero-order valence-electron chi connectivity index (χ0n) is 11.0. The minimum Gasteiger partial charge on any atom is -0.339 e. The molecule has 1 aromatic heterocycles. The normalized spacial score (nSPS) is 14.3. The summed E-state index contributed by atoms with van der Waals surface area (Å²) in [5.74, 6) is -1.45. The van der Waals surface area contributed by atoms with Gasteiger partial charge >= 0.3 is 0 Å². The van der Waals surface area contributed by atoms with Gasteiger partial charge in [-0.1, -0.05) is 19.0 Å². The lowest BCUT2D eigenvalue weighted by Crippen LogP contribution is -2.25. The largest absolute Gasteiger partial charge is 0.339 e. The molecule has 0 aliphatic heterocycles. The first-order valence-corrected chi connectivity index (χ1v) is 6.98. The van der Waals surface area contributed by atoms with Crippen LogP contribution in [0.4, 0.5) is 8.78 Å². The van der Waals surface area contributed by atoms with Gasteiger partial charge in [0.2, 0.25) is 11.7 Å². The van der Waals surface area contributed by atoms with Gasteiger partial charge in [0.1, 0.15) is 0 Å². The summed E-state index contributed by atoms with van der Waals surface area (Å²) in [6, 6.07) is 2.31. The zero-order valence-corrected chi connectivity index (χ0v) is 12.6. The lowest BCUT2D eigenvalue weighted by atomic mass is 10.0. The molecule has 2 atom stereocenters. The van der Waals surface area contributed by atoms with Gasteiger partial charge in [-0.25, -0.2) is 8.78 Å². The summed E-state index contributed by atoms with van der Waals surface area (Å²) >= 11 is 3.00. The average Bonchev–Trinajstić information content (AvgIpc) is 2.92. The van der Waals surface area contributed by atoms with E-state index in [0.717, 1.165) is 12.5 Å². The van der Waals surface area contributed by atoms with Crippen LogP contribution in [0, 0.1) is 11.6 Å². The summed E-state index contributed by atoms with van der Waals surface area (Å²) in [6.07, 6.45) is 0.772. The van der Waals surface area contributed by atoms with Gasteiger partial charge in [0.25, 0.3) is 0 Å². The van der Waals surface area contributed by atoms with Crippen LogP contribution in [0.5, 0.6) is 0 Å². The van der Waals surface area contributed by atoms with Crippen molar-refractivity contribution < 1.29 is 13.3 Å². The van der Waals surface area contributed by atoms with E-state index in [2.05, 4.69) is 26.1 Å². The van der Waals surface area contributed by atoms with Gasteiger partial charge in [-0.3, -0.25) is 0 Å².